The third kappa shape index (κ3) is 2.66. The standard InChI is InChI=1S/C21H22N6O/c1-13(2)26-18-6-4-10-23-20(18)27(21(26)28)15-11-14(12-15)24-19-8-7-16-17(25-19)5-3-9-22-16/h3-10,13-15H,11-12H2,1-2H3,(H,24,25)/t14-,15-. The Balaban J connectivity index is 1.38. The second-order valence-corrected chi connectivity index (χ2v) is 7.67. The molecule has 1 fully saturated rings. The van der Waals surface area contributed by atoms with Crippen molar-refractivity contribution >= 4 is 28.0 Å². The van der Waals surface area contributed by atoms with E-state index in [1.807, 2.05) is 59.4 Å². The Morgan fingerprint density at radius 3 is 2.64 bits per heavy atom. The van der Waals surface area contributed by atoms with Gasteiger partial charge in [-0.25, -0.2) is 14.8 Å². The zero-order valence-electron chi connectivity index (χ0n) is 15.9. The third-order valence-electron chi connectivity index (χ3n) is 5.47. The van der Waals surface area contributed by atoms with Crippen molar-refractivity contribution in [1.82, 2.24) is 24.1 Å². The smallest absolute Gasteiger partial charge is 0.330 e. The number of pyridine rings is 3. The molecular weight excluding hydrogens is 352 g/mol. The van der Waals surface area contributed by atoms with E-state index >= 15 is 0 Å². The zero-order chi connectivity index (χ0) is 19.3. The fourth-order valence-corrected chi connectivity index (χ4v) is 4.06. The SMILES string of the molecule is CC(C)n1c(=O)n([C@H]2C[C@H](Nc3ccc4ncccc4n3)C2)c2ncccc21. The highest BCUT2D eigenvalue weighted by atomic mass is 16.2. The molecule has 4 aromatic heterocycles. The fraction of sp³-hybridized carbons (Fsp3) is 0.333. The van der Waals surface area contributed by atoms with Gasteiger partial charge in [0.1, 0.15) is 5.82 Å². The summed E-state index contributed by atoms with van der Waals surface area (Å²) in [5.41, 5.74) is 3.48. The maximum Gasteiger partial charge on any atom is 0.330 e. The Kier molecular flexibility index (Phi) is 3.89. The van der Waals surface area contributed by atoms with Gasteiger partial charge in [0, 0.05) is 30.5 Å². The predicted molar refractivity (Wildman–Crippen MR) is 110 cm³/mol. The lowest BCUT2D eigenvalue weighted by atomic mass is 9.86. The first kappa shape index (κ1) is 16.9. The maximum absolute atomic E-state index is 13.0. The number of hydrogen-bond acceptors (Lipinski definition) is 5. The van der Waals surface area contributed by atoms with E-state index in [0.717, 1.165) is 40.9 Å². The molecule has 4 heterocycles. The van der Waals surface area contributed by atoms with Crippen LogP contribution in [-0.4, -0.2) is 30.1 Å². The van der Waals surface area contributed by atoms with Gasteiger partial charge in [-0.3, -0.25) is 14.1 Å². The van der Waals surface area contributed by atoms with Gasteiger partial charge in [-0.05, 0) is 63.1 Å². The highest BCUT2D eigenvalue weighted by molar-refractivity contribution is 5.75. The van der Waals surface area contributed by atoms with Crippen LogP contribution in [0.2, 0.25) is 0 Å². The van der Waals surface area contributed by atoms with Crippen LogP contribution in [0.25, 0.3) is 22.2 Å². The van der Waals surface area contributed by atoms with Gasteiger partial charge in [0.2, 0.25) is 0 Å². The Labute approximate surface area is 162 Å². The van der Waals surface area contributed by atoms with Crippen molar-refractivity contribution in [3.05, 3.63) is 59.3 Å². The topological polar surface area (TPSA) is 77.6 Å². The number of imidazole rings is 1. The third-order valence-corrected chi connectivity index (χ3v) is 5.47. The number of hydrogen-bond donors (Lipinski definition) is 1. The molecule has 7 nitrogen and oxygen atoms in total. The highest BCUT2D eigenvalue weighted by Crippen LogP contribution is 2.35. The number of rotatable bonds is 4. The summed E-state index contributed by atoms with van der Waals surface area (Å²) in [5.74, 6) is 0.846. The van der Waals surface area contributed by atoms with Crippen LogP contribution in [-0.2, 0) is 0 Å². The summed E-state index contributed by atoms with van der Waals surface area (Å²) in [4.78, 5) is 26.5. The molecule has 4 aromatic rings. The summed E-state index contributed by atoms with van der Waals surface area (Å²) in [7, 11) is 0. The molecule has 28 heavy (non-hydrogen) atoms. The van der Waals surface area contributed by atoms with Crippen LogP contribution >= 0.6 is 0 Å². The van der Waals surface area contributed by atoms with Crippen molar-refractivity contribution in [1.29, 1.82) is 0 Å². The number of anilines is 1. The fourth-order valence-electron chi connectivity index (χ4n) is 4.06. The van der Waals surface area contributed by atoms with Crippen LogP contribution in [0.4, 0.5) is 5.82 Å². The Bertz CT molecular complexity index is 1220. The normalized spacial score (nSPS) is 19.2. The molecule has 0 aliphatic heterocycles. The lowest BCUT2D eigenvalue weighted by Gasteiger charge is -2.36. The second kappa shape index (κ2) is 6.44. The van der Waals surface area contributed by atoms with Crippen molar-refractivity contribution in [2.24, 2.45) is 0 Å². The van der Waals surface area contributed by atoms with Gasteiger partial charge >= 0.3 is 5.69 Å². The average molecular weight is 374 g/mol. The average Bonchev–Trinajstić information content (AvgIpc) is 2.96. The first-order valence-electron chi connectivity index (χ1n) is 9.67. The molecule has 0 atom stereocenters. The van der Waals surface area contributed by atoms with Gasteiger partial charge in [-0.15, -0.1) is 0 Å². The summed E-state index contributed by atoms with van der Waals surface area (Å²) >= 11 is 0. The van der Waals surface area contributed by atoms with Crippen LogP contribution in [0, 0.1) is 0 Å². The number of nitrogens with zero attached hydrogens (tertiary/aromatic N) is 5. The Morgan fingerprint density at radius 2 is 1.82 bits per heavy atom. The summed E-state index contributed by atoms with van der Waals surface area (Å²) < 4.78 is 3.70. The van der Waals surface area contributed by atoms with Crippen molar-refractivity contribution < 1.29 is 0 Å². The molecule has 0 amide bonds. The molecule has 0 aromatic carbocycles. The molecule has 1 aliphatic carbocycles. The minimum Gasteiger partial charge on any atom is -0.367 e. The zero-order valence-corrected chi connectivity index (χ0v) is 15.9. The Hall–Kier alpha value is -3.22. The van der Waals surface area contributed by atoms with Gasteiger partial charge in [-0.2, -0.15) is 0 Å². The van der Waals surface area contributed by atoms with Crippen LogP contribution in [0.3, 0.4) is 0 Å². The van der Waals surface area contributed by atoms with Crippen molar-refractivity contribution in [3.63, 3.8) is 0 Å². The van der Waals surface area contributed by atoms with Gasteiger partial charge in [0.15, 0.2) is 5.65 Å². The molecule has 0 radical (unpaired) electrons. The summed E-state index contributed by atoms with van der Waals surface area (Å²) in [6.07, 6.45) is 5.28. The summed E-state index contributed by atoms with van der Waals surface area (Å²) in [5, 5.41) is 3.49. The number of fused-ring (bicyclic) bond motifs is 2. The number of aromatic nitrogens is 5. The van der Waals surface area contributed by atoms with E-state index in [2.05, 4.69) is 20.3 Å². The van der Waals surface area contributed by atoms with Crippen molar-refractivity contribution in [2.45, 2.75) is 44.8 Å². The van der Waals surface area contributed by atoms with Crippen molar-refractivity contribution in [2.75, 3.05) is 5.32 Å². The molecule has 0 spiro atoms. The molecule has 1 saturated carbocycles. The van der Waals surface area contributed by atoms with E-state index in [1.54, 1.807) is 12.4 Å². The molecule has 7 heteroatoms. The van der Waals surface area contributed by atoms with E-state index < -0.39 is 0 Å². The predicted octanol–water partition coefficient (Wildman–Crippen LogP) is 3.54. The number of nitrogens with one attached hydrogen (secondary N) is 1. The lowest BCUT2D eigenvalue weighted by molar-refractivity contribution is 0.278. The largest absolute Gasteiger partial charge is 0.367 e. The minimum absolute atomic E-state index is 0.0297. The van der Waals surface area contributed by atoms with E-state index in [9.17, 15) is 4.79 Å². The molecule has 0 bridgehead atoms. The Morgan fingerprint density at radius 1 is 1.04 bits per heavy atom. The highest BCUT2D eigenvalue weighted by Gasteiger charge is 2.34. The quantitative estimate of drug-likeness (QED) is 0.591. The first-order valence-corrected chi connectivity index (χ1v) is 9.67. The molecule has 1 aliphatic rings. The van der Waals surface area contributed by atoms with Crippen LogP contribution < -0.4 is 11.0 Å². The van der Waals surface area contributed by atoms with Crippen LogP contribution in [0.1, 0.15) is 38.8 Å². The molecule has 0 saturated heterocycles. The van der Waals surface area contributed by atoms with Crippen molar-refractivity contribution in [3.8, 4) is 0 Å². The molecule has 0 unspecified atom stereocenters. The first-order chi connectivity index (χ1) is 13.6. The van der Waals surface area contributed by atoms with E-state index in [0.29, 0.717) is 6.04 Å². The molecule has 1 N–H and O–H groups in total. The van der Waals surface area contributed by atoms with E-state index in [4.69, 9.17) is 0 Å². The minimum atomic E-state index is 0.0297. The van der Waals surface area contributed by atoms with Gasteiger partial charge in [0.05, 0.1) is 16.6 Å². The summed E-state index contributed by atoms with van der Waals surface area (Å²) in [6.45, 7) is 4.06. The van der Waals surface area contributed by atoms with E-state index in [-0.39, 0.29) is 17.8 Å². The second-order valence-electron chi connectivity index (χ2n) is 7.67. The van der Waals surface area contributed by atoms with Gasteiger partial charge < -0.3 is 5.32 Å². The van der Waals surface area contributed by atoms with Crippen LogP contribution in [0.5, 0.6) is 0 Å². The molecule has 5 rings (SSSR count). The maximum atomic E-state index is 13.0. The van der Waals surface area contributed by atoms with Gasteiger partial charge in [0.25, 0.3) is 0 Å². The lowest BCUT2D eigenvalue weighted by Crippen LogP contribution is -2.41. The molecule has 142 valence electrons. The molecular formula is C21H22N6O. The monoisotopic (exact) mass is 374 g/mol. The van der Waals surface area contributed by atoms with Crippen LogP contribution in [0.15, 0.2) is 53.6 Å². The summed E-state index contributed by atoms with van der Waals surface area (Å²) in [6, 6.07) is 12.2. The van der Waals surface area contributed by atoms with E-state index in [1.165, 1.54) is 0 Å². The van der Waals surface area contributed by atoms with Gasteiger partial charge in [-0.1, -0.05) is 0 Å².